The predicted octanol–water partition coefficient (Wildman–Crippen LogP) is -0.765. The van der Waals surface area contributed by atoms with Crippen molar-refractivity contribution in [1.29, 1.82) is 0 Å². The van der Waals surface area contributed by atoms with Crippen LogP contribution in [-0.2, 0) is 9.59 Å². The molecule has 1 fully saturated rings. The van der Waals surface area contributed by atoms with E-state index in [-0.39, 0.29) is 5.41 Å². The largest absolute Gasteiger partial charge is 0.334 e. The Hall–Kier alpha value is -1.10. The van der Waals surface area contributed by atoms with Crippen LogP contribution in [0.1, 0.15) is 20.3 Å². The van der Waals surface area contributed by atoms with E-state index in [9.17, 15) is 9.59 Å². The van der Waals surface area contributed by atoms with Crippen LogP contribution in [-0.4, -0.2) is 29.8 Å². The molecule has 0 aliphatic carbocycles. The number of likely N-dealkylation sites (tertiary alicyclic amines) is 1. The minimum Gasteiger partial charge on any atom is -0.334 e. The van der Waals surface area contributed by atoms with Crippen LogP contribution in [0.2, 0.25) is 0 Å². The van der Waals surface area contributed by atoms with Gasteiger partial charge < -0.3 is 4.90 Å². The zero-order valence-electron chi connectivity index (χ0n) is 7.96. The molecule has 5 heteroatoms. The van der Waals surface area contributed by atoms with Gasteiger partial charge in [0, 0.05) is 13.1 Å². The molecule has 1 saturated heterocycles. The Kier molecular flexibility index (Phi) is 2.56. The van der Waals surface area contributed by atoms with E-state index in [1.54, 1.807) is 0 Å². The molecule has 0 unspecified atom stereocenters. The number of amides is 2. The summed E-state index contributed by atoms with van der Waals surface area (Å²) in [6, 6.07) is 0. The van der Waals surface area contributed by atoms with Gasteiger partial charge in [-0.2, -0.15) is 0 Å². The minimum atomic E-state index is -0.738. The average Bonchev–Trinajstić information content (AvgIpc) is 2.43. The number of carbonyl (C=O) groups is 2. The third-order valence-electron chi connectivity index (χ3n) is 2.29. The second kappa shape index (κ2) is 3.33. The van der Waals surface area contributed by atoms with E-state index in [1.807, 2.05) is 5.43 Å². The second-order valence-electron chi connectivity index (χ2n) is 4.11. The second-order valence-corrected chi connectivity index (χ2v) is 4.11. The van der Waals surface area contributed by atoms with E-state index in [0.29, 0.717) is 13.1 Å². The van der Waals surface area contributed by atoms with Gasteiger partial charge in [-0.15, -0.1) is 0 Å². The summed E-state index contributed by atoms with van der Waals surface area (Å²) in [6.07, 6.45) is 0.927. The molecule has 1 rings (SSSR count). The topological polar surface area (TPSA) is 75.4 Å². The fourth-order valence-corrected chi connectivity index (χ4v) is 1.49. The predicted molar refractivity (Wildman–Crippen MR) is 47.3 cm³/mol. The quantitative estimate of drug-likeness (QED) is 0.225. The van der Waals surface area contributed by atoms with Crippen molar-refractivity contribution in [2.75, 3.05) is 13.1 Å². The van der Waals surface area contributed by atoms with E-state index in [2.05, 4.69) is 13.8 Å². The van der Waals surface area contributed by atoms with E-state index in [4.69, 9.17) is 5.84 Å². The number of carbonyl (C=O) groups excluding carboxylic acids is 2. The average molecular weight is 185 g/mol. The van der Waals surface area contributed by atoms with Crippen LogP contribution in [0.4, 0.5) is 0 Å². The molecule has 74 valence electrons. The Balaban J connectivity index is 2.57. The summed E-state index contributed by atoms with van der Waals surface area (Å²) in [5, 5.41) is 0. The zero-order valence-corrected chi connectivity index (χ0v) is 7.96. The van der Waals surface area contributed by atoms with Gasteiger partial charge in [-0.1, -0.05) is 13.8 Å². The maximum Gasteiger partial charge on any atom is 0.323 e. The number of hydrogen-bond acceptors (Lipinski definition) is 3. The lowest BCUT2D eigenvalue weighted by Crippen LogP contribution is -2.45. The molecule has 0 saturated carbocycles. The molecule has 0 aromatic rings. The van der Waals surface area contributed by atoms with Crippen molar-refractivity contribution in [2.45, 2.75) is 20.3 Å². The highest BCUT2D eigenvalue weighted by Crippen LogP contribution is 2.28. The molecule has 0 spiro atoms. The first kappa shape index (κ1) is 9.98. The highest BCUT2D eigenvalue weighted by Gasteiger charge is 2.34. The lowest BCUT2D eigenvalue weighted by Gasteiger charge is -2.18. The highest BCUT2D eigenvalue weighted by atomic mass is 16.2. The first-order valence-electron chi connectivity index (χ1n) is 4.26. The van der Waals surface area contributed by atoms with Crippen LogP contribution in [0.5, 0.6) is 0 Å². The maximum absolute atomic E-state index is 11.3. The fourth-order valence-electron chi connectivity index (χ4n) is 1.49. The van der Waals surface area contributed by atoms with Gasteiger partial charge in [-0.3, -0.25) is 15.0 Å². The summed E-state index contributed by atoms with van der Waals surface area (Å²) in [7, 11) is 0. The van der Waals surface area contributed by atoms with Crippen LogP contribution in [0.25, 0.3) is 0 Å². The zero-order chi connectivity index (χ0) is 10.1. The molecule has 0 aromatic carbocycles. The van der Waals surface area contributed by atoms with Crippen molar-refractivity contribution < 1.29 is 9.59 Å². The van der Waals surface area contributed by atoms with Crippen molar-refractivity contribution in [3.8, 4) is 0 Å². The number of nitrogens with two attached hydrogens (primary N) is 1. The van der Waals surface area contributed by atoms with Crippen molar-refractivity contribution >= 4 is 11.8 Å². The van der Waals surface area contributed by atoms with E-state index >= 15 is 0 Å². The van der Waals surface area contributed by atoms with Crippen LogP contribution in [0, 0.1) is 5.41 Å². The van der Waals surface area contributed by atoms with Gasteiger partial charge in [0.05, 0.1) is 0 Å². The number of nitrogens with one attached hydrogen (secondary N) is 1. The van der Waals surface area contributed by atoms with Crippen molar-refractivity contribution in [3.63, 3.8) is 0 Å². The molecule has 1 heterocycles. The van der Waals surface area contributed by atoms with E-state index < -0.39 is 11.8 Å². The first-order valence-corrected chi connectivity index (χ1v) is 4.26. The summed E-state index contributed by atoms with van der Waals surface area (Å²) in [6.45, 7) is 5.40. The Bertz CT molecular complexity index is 238. The molecule has 0 bridgehead atoms. The molecule has 13 heavy (non-hydrogen) atoms. The summed E-state index contributed by atoms with van der Waals surface area (Å²) in [5.74, 6) is 3.59. The normalized spacial score (nSPS) is 20.1. The SMILES string of the molecule is CC1(C)CCN(C(=O)C(=O)NN)C1. The molecule has 0 radical (unpaired) electrons. The van der Waals surface area contributed by atoms with Crippen LogP contribution >= 0.6 is 0 Å². The number of rotatable bonds is 0. The third-order valence-corrected chi connectivity index (χ3v) is 2.29. The Morgan fingerprint density at radius 3 is 2.46 bits per heavy atom. The summed E-state index contributed by atoms with van der Waals surface area (Å²) < 4.78 is 0. The van der Waals surface area contributed by atoms with Crippen molar-refractivity contribution in [1.82, 2.24) is 10.3 Å². The number of hydrazine groups is 1. The molecule has 0 aromatic heterocycles. The number of hydrogen-bond donors (Lipinski definition) is 2. The van der Waals surface area contributed by atoms with Gasteiger partial charge in [-0.05, 0) is 11.8 Å². The minimum absolute atomic E-state index is 0.116. The molecule has 1 aliphatic rings. The molecule has 5 nitrogen and oxygen atoms in total. The summed E-state index contributed by atoms with van der Waals surface area (Å²) in [5.41, 5.74) is 1.95. The molecule has 0 atom stereocenters. The van der Waals surface area contributed by atoms with Crippen LogP contribution in [0.15, 0.2) is 0 Å². The van der Waals surface area contributed by atoms with Gasteiger partial charge in [0.25, 0.3) is 0 Å². The van der Waals surface area contributed by atoms with E-state index in [0.717, 1.165) is 6.42 Å². The summed E-state index contributed by atoms with van der Waals surface area (Å²) >= 11 is 0. The first-order chi connectivity index (χ1) is 5.96. The van der Waals surface area contributed by atoms with Crippen molar-refractivity contribution in [3.05, 3.63) is 0 Å². The Morgan fingerprint density at radius 2 is 2.08 bits per heavy atom. The Labute approximate surface area is 77.2 Å². The maximum atomic E-state index is 11.3. The monoisotopic (exact) mass is 185 g/mol. The van der Waals surface area contributed by atoms with Crippen LogP contribution in [0.3, 0.4) is 0 Å². The van der Waals surface area contributed by atoms with Gasteiger partial charge >= 0.3 is 11.8 Å². The fraction of sp³-hybridized carbons (Fsp3) is 0.750. The van der Waals surface area contributed by atoms with Gasteiger partial charge in [0.15, 0.2) is 0 Å². The Morgan fingerprint density at radius 1 is 1.46 bits per heavy atom. The van der Waals surface area contributed by atoms with Gasteiger partial charge in [0.1, 0.15) is 0 Å². The standard InChI is InChI=1S/C8H15N3O2/c1-8(2)3-4-11(5-8)7(13)6(12)10-9/h3-5,9H2,1-2H3,(H,10,12). The third kappa shape index (κ3) is 2.18. The molecular weight excluding hydrogens is 170 g/mol. The van der Waals surface area contributed by atoms with Crippen molar-refractivity contribution in [2.24, 2.45) is 11.3 Å². The van der Waals surface area contributed by atoms with Gasteiger partial charge in [0.2, 0.25) is 0 Å². The highest BCUT2D eigenvalue weighted by molar-refractivity contribution is 6.34. The molecule has 3 N–H and O–H groups in total. The van der Waals surface area contributed by atoms with Crippen LogP contribution < -0.4 is 11.3 Å². The molecule has 2 amide bonds. The lowest BCUT2D eigenvalue weighted by atomic mass is 9.93. The number of nitrogens with zero attached hydrogens (tertiary/aromatic N) is 1. The van der Waals surface area contributed by atoms with E-state index in [1.165, 1.54) is 4.90 Å². The smallest absolute Gasteiger partial charge is 0.323 e. The molecule has 1 aliphatic heterocycles. The molecular formula is C8H15N3O2. The summed E-state index contributed by atoms with van der Waals surface area (Å²) in [4.78, 5) is 23.7. The van der Waals surface area contributed by atoms with Gasteiger partial charge in [-0.25, -0.2) is 5.84 Å². The lowest BCUT2D eigenvalue weighted by molar-refractivity contribution is -0.145.